The van der Waals surface area contributed by atoms with Crippen molar-refractivity contribution in [3.05, 3.63) is 35.4 Å². The quantitative estimate of drug-likeness (QED) is 0.880. The van der Waals surface area contributed by atoms with Crippen LogP contribution in [0.3, 0.4) is 0 Å². The number of nitrogens with zero attached hydrogens (tertiary/aromatic N) is 2. The number of nitrogens with one attached hydrogen (secondary N) is 1. The minimum atomic E-state index is -4.39. The molecule has 1 aliphatic heterocycles. The number of piperazine rings is 1. The molecule has 1 aromatic rings. The van der Waals surface area contributed by atoms with Crippen molar-refractivity contribution >= 4 is 5.91 Å². The Kier molecular flexibility index (Phi) is 6.46. The van der Waals surface area contributed by atoms with Crippen molar-refractivity contribution in [2.24, 2.45) is 5.92 Å². The molecule has 1 saturated heterocycles. The Morgan fingerprint density at radius 1 is 1.12 bits per heavy atom. The van der Waals surface area contributed by atoms with Crippen LogP contribution >= 0.6 is 0 Å². The fraction of sp³-hybridized carbons (Fsp3) is 0.611. The fourth-order valence-corrected chi connectivity index (χ4v) is 3.05. The van der Waals surface area contributed by atoms with Crippen molar-refractivity contribution in [1.82, 2.24) is 15.1 Å². The number of alkyl halides is 3. The van der Waals surface area contributed by atoms with E-state index in [0.717, 1.165) is 38.3 Å². The van der Waals surface area contributed by atoms with Gasteiger partial charge in [0.25, 0.3) is 5.91 Å². The van der Waals surface area contributed by atoms with Gasteiger partial charge in [-0.15, -0.1) is 0 Å². The van der Waals surface area contributed by atoms with Crippen LogP contribution in [-0.2, 0) is 6.18 Å². The van der Waals surface area contributed by atoms with Gasteiger partial charge in [-0.1, -0.05) is 13.8 Å². The third kappa shape index (κ3) is 5.44. The Hall–Kier alpha value is -1.60. The van der Waals surface area contributed by atoms with E-state index in [0.29, 0.717) is 12.5 Å². The monoisotopic (exact) mass is 357 g/mol. The summed E-state index contributed by atoms with van der Waals surface area (Å²) in [4.78, 5) is 16.9. The van der Waals surface area contributed by atoms with Gasteiger partial charge in [-0.2, -0.15) is 13.2 Å². The molecule has 0 bridgehead atoms. The lowest BCUT2D eigenvalue weighted by atomic mass is 10.0. The zero-order chi connectivity index (χ0) is 18.6. The number of halogens is 3. The number of hydrogen-bond donors (Lipinski definition) is 1. The molecular formula is C18H26F3N3O. The van der Waals surface area contributed by atoms with E-state index in [2.05, 4.69) is 36.0 Å². The standard InChI is InChI=1S/C18H26F3N3O/c1-13(2)16(24-10-8-23(3)9-11-24)12-22-17(25)14-4-6-15(7-5-14)18(19,20)21/h4-7,13,16H,8-12H2,1-3H3,(H,22,25). The summed E-state index contributed by atoms with van der Waals surface area (Å²) in [6.07, 6.45) is -4.39. The van der Waals surface area contributed by atoms with Gasteiger partial charge < -0.3 is 10.2 Å². The molecule has 0 radical (unpaired) electrons. The molecular weight excluding hydrogens is 331 g/mol. The maximum absolute atomic E-state index is 12.6. The highest BCUT2D eigenvalue weighted by Crippen LogP contribution is 2.29. The molecule has 2 rings (SSSR count). The summed E-state index contributed by atoms with van der Waals surface area (Å²) in [7, 11) is 2.09. The lowest BCUT2D eigenvalue weighted by molar-refractivity contribution is -0.137. The van der Waals surface area contributed by atoms with Crippen LogP contribution in [0.1, 0.15) is 29.8 Å². The van der Waals surface area contributed by atoms with Crippen LogP contribution in [0.2, 0.25) is 0 Å². The lowest BCUT2D eigenvalue weighted by Gasteiger charge is -2.39. The zero-order valence-electron chi connectivity index (χ0n) is 14.9. The molecule has 1 N–H and O–H groups in total. The molecule has 1 amide bonds. The van der Waals surface area contributed by atoms with Gasteiger partial charge in [0.1, 0.15) is 0 Å². The summed E-state index contributed by atoms with van der Waals surface area (Å²) in [6.45, 7) is 8.62. The third-order valence-electron chi connectivity index (χ3n) is 4.72. The lowest BCUT2D eigenvalue weighted by Crippen LogP contribution is -2.54. The number of carbonyl (C=O) groups is 1. The molecule has 0 aliphatic carbocycles. The largest absolute Gasteiger partial charge is 0.416 e. The second-order valence-corrected chi connectivity index (χ2v) is 6.94. The summed E-state index contributed by atoms with van der Waals surface area (Å²) >= 11 is 0. The van der Waals surface area contributed by atoms with Crippen molar-refractivity contribution in [2.45, 2.75) is 26.1 Å². The van der Waals surface area contributed by atoms with Gasteiger partial charge in [0.2, 0.25) is 0 Å². The first-order valence-electron chi connectivity index (χ1n) is 8.56. The first-order valence-corrected chi connectivity index (χ1v) is 8.56. The minimum absolute atomic E-state index is 0.215. The first kappa shape index (κ1) is 19.7. The van der Waals surface area contributed by atoms with Crippen molar-refractivity contribution in [1.29, 1.82) is 0 Å². The molecule has 0 spiro atoms. The van der Waals surface area contributed by atoms with Crippen LogP contribution < -0.4 is 5.32 Å². The van der Waals surface area contributed by atoms with Crippen LogP contribution in [0.25, 0.3) is 0 Å². The predicted octanol–water partition coefficient (Wildman–Crippen LogP) is 2.71. The van der Waals surface area contributed by atoms with Crippen molar-refractivity contribution < 1.29 is 18.0 Å². The Balaban J connectivity index is 1.94. The van der Waals surface area contributed by atoms with E-state index in [1.807, 2.05) is 0 Å². The van der Waals surface area contributed by atoms with Crippen LogP contribution in [-0.4, -0.2) is 61.5 Å². The van der Waals surface area contributed by atoms with Gasteiger partial charge in [-0.25, -0.2) is 0 Å². The van der Waals surface area contributed by atoms with E-state index >= 15 is 0 Å². The summed E-state index contributed by atoms with van der Waals surface area (Å²) in [6, 6.07) is 4.54. The van der Waals surface area contributed by atoms with E-state index in [9.17, 15) is 18.0 Å². The van der Waals surface area contributed by atoms with Gasteiger partial charge in [-0.3, -0.25) is 9.69 Å². The van der Waals surface area contributed by atoms with Crippen molar-refractivity contribution in [3.8, 4) is 0 Å². The van der Waals surface area contributed by atoms with Crippen LogP contribution in [0.5, 0.6) is 0 Å². The van der Waals surface area contributed by atoms with Gasteiger partial charge in [0.15, 0.2) is 0 Å². The van der Waals surface area contributed by atoms with Gasteiger partial charge in [-0.05, 0) is 37.2 Å². The molecule has 1 heterocycles. The molecule has 1 aliphatic rings. The molecule has 4 nitrogen and oxygen atoms in total. The molecule has 7 heteroatoms. The Labute approximate surface area is 147 Å². The minimum Gasteiger partial charge on any atom is -0.350 e. The van der Waals surface area contributed by atoms with Gasteiger partial charge in [0, 0.05) is 44.3 Å². The van der Waals surface area contributed by atoms with Crippen molar-refractivity contribution in [3.63, 3.8) is 0 Å². The molecule has 140 valence electrons. The Bertz CT molecular complexity index is 564. The molecule has 1 unspecified atom stereocenters. The molecule has 1 aromatic carbocycles. The second kappa shape index (κ2) is 8.19. The first-order chi connectivity index (χ1) is 11.7. The maximum atomic E-state index is 12.6. The van der Waals surface area contributed by atoms with E-state index in [4.69, 9.17) is 0 Å². The number of likely N-dealkylation sites (N-methyl/N-ethyl adjacent to an activating group) is 1. The highest BCUT2D eigenvalue weighted by atomic mass is 19.4. The fourth-order valence-electron chi connectivity index (χ4n) is 3.05. The van der Waals surface area contributed by atoms with Crippen LogP contribution in [0, 0.1) is 5.92 Å². The van der Waals surface area contributed by atoms with Crippen LogP contribution in [0.15, 0.2) is 24.3 Å². The normalized spacial score (nSPS) is 18.4. The third-order valence-corrected chi connectivity index (χ3v) is 4.72. The zero-order valence-corrected chi connectivity index (χ0v) is 14.9. The van der Waals surface area contributed by atoms with E-state index < -0.39 is 11.7 Å². The number of hydrogen-bond acceptors (Lipinski definition) is 3. The molecule has 25 heavy (non-hydrogen) atoms. The average Bonchev–Trinajstić information content (AvgIpc) is 2.55. The summed E-state index contributed by atoms with van der Waals surface area (Å²) in [5.74, 6) is 0.0322. The summed E-state index contributed by atoms with van der Waals surface area (Å²) in [5.41, 5.74) is -0.504. The molecule has 1 fully saturated rings. The average molecular weight is 357 g/mol. The number of amides is 1. The van der Waals surface area contributed by atoms with Crippen LogP contribution in [0.4, 0.5) is 13.2 Å². The van der Waals surface area contributed by atoms with E-state index in [1.165, 1.54) is 12.1 Å². The van der Waals surface area contributed by atoms with Gasteiger partial charge >= 0.3 is 6.18 Å². The summed E-state index contributed by atoms with van der Waals surface area (Å²) < 4.78 is 37.8. The Morgan fingerprint density at radius 2 is 1.68 bits per heavy atom. The number of carbonyl (C=O) groups excluding carboxylic acids is 1. The van der Waals surface area contributed by atoms with E-state index in [-0.39, 0.29) is 17.5 Å². The van der Waals surface area contributed by atoms with Crippen molar-refractivity contribution in [2.75, 3.05) is 39.8 Å². The number of rotatable bonds is 5. The van der Waals surface area contributed by atoms with E-state index in [1.54, 1.807) is 0 Å². The maximum Gasteiger partial charge on any atom is 0.416 e. The highest BCUT2D eigenvalue weighted by molar-refractivity contribution is 5.94. The topological polar surface area (TPSA) is 35.6 Å². The molecule has 0 aromatic heterocycles. The number of benzene rings is 1. The van der Waals surface area contributed by atoms with Gasteiger partial charge in [0.05, 0.1) is 5.56 Å². The Morgan fingerprint density at radius 3 is 2.16 bits per heavy atom. The highest BCUT2D eigenvalue weighted by Gasteiger charge is 2.30. The smallest absolute Gasteiger partial charge is 0.350 e. The summed E-state index contributed by atoms with van der Waals surface area (Å²) in [5, 5.41) is 2.87. The SMILES string of the molecule is CC(C)C(CNC(=O)c1ccc(C(F)(F)F)cc1)N1CCN(C)CC1. The molecule has 0 saturated carbocycles. The predicted molar refractivity (Wildman–Crippen MR) is 91.5 cm³/mol. The second-order valence-electron chi connectivity index (χ2n) is 6.94. The molecule has 1 atom stereocenters.